The number of esters is 1. The van der Waals surface area contributed by atoms with Crippen LogP contribution in [0.25, 0.3) is 0 Å². The van der Waals surface area contributed by atoms with Crippen LogP contribution in [0.3, 0.4) is 0 Å². The van der Waals surface area contributed by atoms with Gasteiger partial charge < -0.3 is 19.5 Å². The minimum Gasteiger partial charge on any atom is -0.495 e. The van der Waals surface area contributed by atoms with E-state index >= 15 is 0 Å². The highest BCUT2D eigenvalue weighted by Gasteiger charge is 2.40. The molecule has 10 heteroatoms. The molecule has 0 radical (unpaired) electrons. The van der Waals surface area contributed by atoms with Crippen molar-refractivity contribution in [1.29, 1.82) is 0 Å². The van der Waals surface area contributed by atoms with Gasteiger partial charge in [-0.05, 0) is 36.8 Å². The van der Waals surface area contributed by atoms with Crippen LogP contribution >= 0.6 is 0 Å². The molecule has 3 unspecified atom stereocenters. The van der Waals surface area contributed by atoms with Crippen LogP contribution in [0.1, 0.15) is 12.8 Å². The Labute approximate surface area is 181 Å². The average molecular weight is 451 g/mol. The van der Waals surface area contributed by atoms with E-state index in [2.05, 4.69) is 17.5 Å². The molecule has 1 aromatic carbocycles. The maximum atomic E-state index is 12.8. The van der Waals surface area contributed by atoms with Crippen molar-refractivity contribution in [3.63, 3.8) is 0 Å². The average Bonchev–Trinajstić information content (AvgIpc) is 3.42. The number of benzene rings is 1. The predicted molar refractivity (Wildman–Crippen MR) is 111 cm³/mol. The number of morpholine rings is 1. The fourth-order valence-corrected chi connectivity index (χ4v) is 5.78. The van der Waals surface area contributed by atoms with Crippen LogP contribution in [-0.2, 0) is 29.1 Å². The predicted octanol–water partition coefficient (Wildman–Crippen LogP) is 1.41. The van der Waals surface area contributed by atoms with Crippen LogP contribution in [0.5, 0.6) is 5.75 Å². The Balaban J connectivity index is 1.37. The third-order valence-corrected chi connectivity index (χ3v) is 7.88. The Morgan fingerprint density at radius 3 is 2.61 bits per heavy atom. The number of sulfonamides is 1. The zero-order chi connectivity index (χ0) is 22.0. The van der Waals surface area contributed by atoms with Gasteiger partial charge in [0.1, 0.15) is 5.75 Å². The van der Waals surface area contributed by atoms with E-state index in [-0.39, 0.29) is 41.5 Å². The topological polar surface area (TPSA) is 111 Å². The molecule has 2 bridgehead atoms. The van der Waals surface area contributed by atoms with Crippen molar-refractivity contribution >= 4 is 27.6 Å². The zero-order valence-electron chi connectivity index (χ0n) is 17.3. The third kappa shape index (κ3) is 4.60. The van der Waals surface area contributed by atoms with Gasteiger partial charge in [-0.25, -0.2) is 8.42 Å². The van der Waals surface area contributed by atoms with Crippen LogP contribution in [0.2, 0.25) is 0 Å². The molecular weight excluding hydrogens is 424 g/mol. The Morgan fingerprint density at radius 1 is 1.19 bits per heavy atom. The molecule has 1 aliphatic heterocycles. The lowest BCUT2D eigenvalue weighted by Crippen LogP contribution is -2.40. The number of ether oxygens (including phenoxy) is 3. The highest BCUT2D eigenvalue weighted by molar-refractivity contribution is 7.89. The molecule has 1 aromatic rings. The fourth-order valence-electron chi connectivity index (χ4n) is 4.35. The summed E-state index contributed by atoms with van der Waals surface area (Å²) >= 11 is 0. The van der Waals surface area contributed by atoms with E-state index in [9.17, 15) is 18.0 Å². The van der Waals surface area contributed by atoms with Gasteiger partial charge in [0.05, 0.1) is 36.8 Å². The maximum Gasteiger partial charge on any atom is 0.310 e. The van der Waals surface area contributed by atoms with Crippen molar-refractivity contribution in [2.45, 2.75) is 17.7 Å². The molecule has 1 saturated carbocycles. The van der Waals surface area contributed by atoms with Crippen LogP contribution in [0.15, 0.2) is 35.2 Å². The Morgan fingerprint density at radius 2 is 1.97 bits per heavy atom. The Hall–Kier alpha value is -2.43. The third-order valence-electron chi connectivity index (χ3n) is 5.98. The largest absolute Gasteiger partial charge is 0.495 e. The SMILES string of the molecule is COc1cc(S(=O)(=O)N2CCOCC2)ccc1NC(=O)COC(=O)C1CC2C=CC1C2. The molecule has 0 aromatic heterocycles. The molecule has 1 N–H and O–H groups in total. The summed E-state index contributed by atoms with van der Waals surface area (Å²) in [6.45, 7) is 0.858. The minimum absolute atomic E-state index is 0.0695. The van der Waals surface area contributed by atoms with Crippen molar-refractivity contribution in [3.05, 3.63) is 30.4 Å². The van der Waals surface area contributed by atoms with Crippen molar-refractivity contribution in [2.75, 3.05) is 45.3 Å². The van der Waals surface area contributed by atoms with Crippen LogP contribution in [0, 0.1) is 17.8 Å². The maximum absolute atomic E-state index is 12.8. The van der Waals surface area contributed by atoms with Gasteiger partial charge >= 0.3 is 5.97 Å². The summed E-state index contributed by atoms with van der Waals surface area (Å²) in [6.07, 6.45) is 5.94. The second-order valence-corrected chi connectivity index (χ2v) is 9.86. The highest BCUT2D eigenvalue weighted by atomic mass is 32.2. The first-order valence-electron chi connectivity index (χ1n) is 10.3. The van der Waals surface area contributed by atoms with Crippen LogP contribution in [0.4, 0.5) is 5.69 Å². The molecule has 3 aliphatic rings. The first-order valence-corrected chi connectivity index (χ1v) is 11.7. The van der Waals surface area contributed by atoms with E-state index in [1.165, 1.54) is 29.6 Å². The summed E-state index contributed by atoms with van der Waals surface area (Å²) in [5, 5.41) is 2.62. The van der Waals surface area contributed by atoms with E-state index in [0.717, 1.165) is 12.8 Å². The zero-order valence-corrected chi connectivity index (χ0v) is 18.1. The molecule has 4 rings (SSSR count). The van der Waals surface area contributed by atoms with Gasteiger partial charge in [-0.2, -0.15) is 4.31 Å². The summed E-state index contributed by atoms with van der Waals surface area (Å²) in [6, 6.07) is 4.25. The quantitative estimate of drug-likeness (QED) is 0.494. The molecule has 31 heavy (non-hydrogen) atoms. The summed E-state index contributed by atoms with van der Waals surface area (Å²) < 4.78 is 42.7. The van der Waals surface area contributed by atoms with Gasteiger partial charge in [-0.3, -0.25) is 9.59 Å². The molecule has 168 valence electrons. The van der Waals surface area contributed by atoms with Gasteiger partial charge in [0.15, 0.2) is 6.61 Å². The minimum atomic E-state index is -3.69. The number of fused-ring (bicyclic) bond motifs is 2. The van der Waals surface area contributed by atoms with Crippen molar-refractivity contribution in [1.82, 2.24) is 4.31 Å². The number of amides is 1. The van der Waals surface area contributed by atoms with Gasteiger partial charge in [0, 0.05) is 19.2 Å². The van der Waals surface area contributed by atoms with Gasteiger partial charge in [0.25, 0.3) is 5.91 Å². The molecule has 1 amide bonds. The number of nitrogens with zero attached hydrogens (tertiary/aromatic N) is 1. The first kappa shape index (κ1) is 21.8. The molecule has 3 atom stereocenters. The van der Waals surface area contributed by atoms with Crippen molar-refractivity contribution in [3.8, 4) is 5.75 Å². The van der Waals surface area contributed by atoms with Crippen LogP contribution < -0.4 is 10.1 Å². The summed E-state index contributed by atoms with van der Waals surface area (Å²) in [7, 11) is -2.30. The lowest BCUT2D eigenvalue weighted by Gasteiger charge is -2.26. The number of anilines is 1. The van der Waals surface area contributed by atoms with Crippen molar-refractivity contribution < 1.29 is 32.2 Å². The monoisotopic (exact) mass is 450 g/mol. The van der Waals surface area contributed by atoms with Crippen molar-refractivity contribution in [2.24, 2.45) is 17.8 Å². The highest BCUT2D eigenvalue weighted by Crippen LogP contribution is 2.43. The molecule has 1 saturated heterocycles. The second kappa shape index (κ2) is 8.97. The van der Waals surface area contributed by atoms with Gasteiger partial charge in [-0.1, -0.05) is 12.2 Å². The van der Waals surface area contributed by atoms with Gasteiger partial charge in [0.2, 0.25) is 10.0 Å². The van der Waals surface area contributed by atoms with Crippen LogP contribution in [-0.4, -0.2) is 64.6 Å². The molecular formula is C21H26N2O7S. The number of nitrogens with one attached hydrogen (secondary N) is 1. The number of methoxy groups -OCH3 is 1. The van der Waals surface area contributed by atoms with E-state index in [1.54, 1.807) is 0 Å². The Kier molecular flexibility index (Phi) is 6.31. The smallest absolute Gasteiger partial charge is 0.310 e. The lowest BCUT2D eigenvalue weighted by molar-refractivity contribution is -0.152. The standard InChI is InChI=1S/C21H26N2O7S/c1-28-19-12-16(31(26,27)23-6-8-29-9-7-23)4-5-18(19)22-20(24)13-30-21(25)17-11-14-2-3-15(17)10-14/h2-5,12,14-15,17H,6-11,13H2,1H3,(H,22,24). The Bertz CT molecular complexity index is 985. The number of rotatable bonds is 7. The lowest BCUT2D eigenvalue weighted by atomic mass is 9.94. The first-order chi connectivity index (χ1) is 14.9. The molecule has 1 heterocycles. The number of carbonyl (C=O) groups is 2. The number of carbonyl (C=O) groups excluding carboxylic acids is 2. The van der Waals surface area contributed by atoms with E-state index in [0.29, 0.717) is 24.8 Å². The fraction of sp³-hybridized carbons (Fsp3) is 0.524. The van der Waals surface area contributed by atoms with Gasteiger partial charge in [-0.15, -0.1) is 0 Å². The summed E-state index contributed by atoms with van der Waals surface area (Å²) in [5.74, 6) is -0.205. The summed E-state index contributed by atoms with van der Waals surface area (Å²) in [5.41, 5.74) is 0.298. The molecule has 2 aliphatic carbocycles. The van der Waals surface area contributed by atoms with E-state index < -0.39 is 22.5 Å². The summed E-state index contributed by atoms with van der Waals surface area (Å²) in [4.78, 5) is 24.6. The molecule has 9 nitrogen and oxygen atoms in total. The van der Waals surface area contributed by atoms with E-state index in [1.807, 2.05) is 0 Å². The number of hydrogen-bond acceptors (Lipinski definition) is 7. The van der Waals surface area contributed by atoms with E-state index in [4.69, 9.17) is 14.2 Å². The second-order valence-electron chi connectivity index (χ2n) is 7.92. The molecule has 2 fully saturated rings. The number of allylic oxidation sites excluding steroid dienone is 2. The normalized spacial score (nSPS) is 25.4. The molecule has 0 spiro atoms. The number of hydrogen-bond donors (Lipinski definition) is 1.